The van der Waals surface area contributed by atoms with Gasteiger partial charge in [-0.05, 0) is 30.3 Å². The Kier molecular flexibility index (Phi) is 4.47. The molecule has 0 aliphatic heterocycles. The minimum Gasteiger partial charge on any atom is -0.388 e. The van der Waals surface area contributed by atoms with Crippen LogP contribution in [-0.2, 0) is 6.54 Å². The van der Waals surface area contributed by atoms with Gasteiger partial charge in [0.25, 0.3) is 0 Å². The maximum Gasteiger partial charge on any atom is 0.0918 e. The topological polar surface area (TPSA) is 66.0 Å². The van der Waals surface area contributed by atoms with Crippen molar-refractivity contribution in [3.8, 4) is 0 Å². The number of fused-ring (bicyclic) bond motifs is 1. The van der Waals surface area contributed by atoms with Crippen LogP contribution in [0.1, 0.15) is 18.9 Å². The van der Waals surface area contributed by atoms with Crippen LogP contribution in [0.3, 0.4) is 0 Å². The number of pyridine rings is 1. The third-order valence-corrected chi connectivity index (χ3v) is 3.22. The first-order valence-electron chi connectivity index (χ1n) is 6.58. The lowest BCUT2D eigenvalue weighted by molar-refractivity contribution is 0.288. The predicted octanol–water partition coefficient (Wildman–Crippen LogP) is 2.38. The van der Waals surface area contributed by atoms with Gasteiger partial charge in [-0.2, -0.15) is 0 Å². The third kappa shape index (κ3) is 3.76. The van der Waals surface area contributed by atoms with Crippen LogP contribution in [0.5, 0.6) is 0 Å². The van der Waals surface area contributed by atoms with Gasteiger partial charge in [0.05, 0.1) is 11.4 Å². The van der Waals surface area contributed by atoms with Crippen LogP contribution in [0.15, 0.2) is 36.5 Å². The largest absolute Gasteiger partial charge is 0.388 e. The van der Waals surface area contributed by atoms with Crippen molar-refractivity contribution in [3.05, 3.63) is 42.1 Å². The van der Waals surface area contributed by atoms with E-state index in [2.05, 4.69) is 41.1 Å². The lowest BCUT2D eigenvalue weighted by Crippen LogP contribution is -2.27. The number of nitrogens with zero attached hydrogens (tertiary/aromatic N) is 2. The Hall–Kier alpha value is -1.94. The van der Waals surface area contributed by atoms with Crippen LogP contribution < -0.4 is 5.73 Å². The van der Waals surface area contributed by atoms with Gasteiger partial charge in [-0.25, -0.2) is 0 Å². The Labute approximate surface area is 113 Å². The fourth-order valence-electron chi connectivity index (χ4n) is 2.11. The first kappa shape index (κ1) is 13.5. The monoisotopic (exact) mass is 256 g/mol. The average molecular weight is 256 g/mol. The molecule has 0 atom stereocenters. The fraction of sp³-hybridized carbons (Fsp3) is 0.333. The lowest BCUT2D eigenvalue weighted by atomic mass is 10.1. The fourth-order valence-corrected chi connectivity index (χ4v) is 2.11. The molecule has 0 amide bonds. The number of nitrogens with one attached hydrogen (secondary N) is 1. The summed E-state index contributed by atoms with van der Waals surface area (Å²) in [6, 6.07) is 10.4. The molecule has 0 spiro atoms. The smallest absolute Gasteiger partial charge is 0.0918 e. The molecule has 0 radical (unpaired) electrons. The molecule has 2 rings (SSSR count). The molecular formula is C15H20N4. The van der Waals surface area contributed by atoms with Crippen LogP contribution in [0.4, 0.5) is 0 Å². The number of aromatic nitrogens is 1. The second-order valence-electron chi connectivity index (χ2n) is 4.67. The van der Waals surface area contributed by atoms with Gasteiger partial charge in [0.2, 0.25) is 0 Å². The molecular weight excluding hydrogens is 236 g/mol. The van der Waals surface area contributed by atoms with Crippen LogP contribution in [0, 0.1) is 5.41 Å². The minimum atomic E-state index is 0.251. The maximum atomic E-state index is 7.29. The molecule has 0 saturated heterocycles. The highest BCUT2D eigenvalue weighted by molar-refractivity contribution is 5.79. The Morgan fingerprint density at radius 1 is 1.37 bits per heavy atom. The van der Waals surface area contributed by atoms with Crippen molar-refractivity contribution in [2.24, 2.45) is 5.73 Å². The van der Waals surface area contributed by atoms with Gasteiger partial charge in [0.1, 0.15) is 0 Å². The SMILES string of the molecule is CCN(CCC(=N)N)Cc1ccc2ncccc2c1. The molecule has 0 bridgehead atoms. The molecule has 0 aliphatic rings. The zero-order valence-electron chi connectivity index (χ0n) is 11.3. The van der Waals surface area contributed by atoms with Crippen LogP contribution in [-0.4, -0.2) is 28.8 Å². The molecule has 0 aliphatic carbocycles. The first-order valence-corrected chi connectivity index (χ1v) is 6.58. The summed E-state index contributed by atoms with van der Waals surface area (Å²) >= 11 is 0. The molecule has 1 aromatic heterocycles. The van der Waals surface area contributed by atoms with Gasteiger partial charge < -0.3 is 5.73 Å². The molecule has 4 nitrogen and oxygen atoms in total. The number of hydrogen-bond acceptors (Lipinski definition) is 3. The normalized spacial score (nSPS) is 11.1. The highest BCUT2D eigenvalue weighted by atomic mass is 15.1. The molecule has 2 aromatic rings. The number of hydrogen-bond donors (Lipinski definition) is 2. The first-order chi connectivity index (χ1) is 9.19. The molecule has 1 heterocycles. The number of rotatable bonds is 6. The molecule has 3 N–H and O–H groups in total. The van der Waals surface area contributed by atoms with Crippen molar-refractivity contribution in [1.82, 2.24) is 9.88 Å². The third-order valence-electron chi connectivity index (χ3n) is 3.22. The summed E-state index contributed by atoms with van der Waals surface area (Å²) in [6.07, 6.45) is 2.44. The van der Waals surface area contributed by atoms with E-state index in [1.54, 1.807) is 0 Å². The number of nitrogens with two attached hydrogens (primary N) is 1. The second-order valence-corrected chi connectivity index (χ2v) is 4.67. The summed E-state index contributed by atoms with van der Waals surface area (Å²) in [5.41, 5.74) is 7.71. The highest BCUT2D eigenvalue weighted by Crippen LogP contribution is 2.14. The Morgan fingerprint density at radius 2 is 2.21 bits per heavy atom. The van der Waals surface area contributed by atoms with E-state index in [0.29, 0.717) is 6.42 Å². The Bertz CT molecular complexity index is 565. The van der Waals surface area contributed by atoms with Gasteiger partial charge in [-0.3, -0.25) is 15.3 Å². The summed E-state index contributed by atoms with van der Waals surface area (Å²) in [4.78, 5) is 6.61. The van der Waals surface area contributed by atoms with Crippen LogP contribution >= 0.6 is 0 Å². The second kappa shape index (κ2) is 6.29. The molecule has 19 heavy (non-hydrogen) atoms. The standard InChI is InChI=1S/C15H20N4/c1-2-19(9-7-15(16)17)11-12-5-6-14-13(10-12)4-3-8-18-14/h3-6,8,10H,2,7,9,11H2,1H3,(H3,16,17). The van der Waals surface area contributed by atoms with E-state index in [4.69, 9.17) is 11.1 Å². The number of amidine groups is 1. The van der Waals surface area contributed by atoms with E-state index in [9.17, 15) is 0 Å². The molecule has 100 valence electrons. The summed E-state index contributed by atoms with van der Waals surface area (Å²) in [5.74, 6) is 0.251. The van der Waals surface area contributed by atoms with E-state index in [-0.39, 0.29) is 5.84 Å². The zero-order valence-corrected chi connectivity index (χ0v) is 11.3. The van der Waals surface area contributed by atoms with Crippen molar-refractivity contribution in [3.63, 3.8) is 0 Å². The van der Waals surface area contributed by atoms with Gasteiger partial charge in [0.15, 0.2) is 0 Å². The maximum absolute atomic E-state index is 7.29. The lowest BCUT2D eigenvalue weighted by Gasteiger charge is -2.20. The van der Waals surface area contributed by atoms with Gasteiger partial charge in [-0.1, -0.05) is 19.1 Å². The summed E-state index contributed by atoms with van der Waals surface area (Å²) in [7, 11) is 0. The summed E-state index contributed by atoms with van der Waals surface area (Å²) in [5, 5.41) is 8.46. The van der Waals surface area contributed by atoms with Gasteiger partial charge >= 0.3 is 0 Å². The van der Waals surface area contributed by atoms with Gasteiger partial charge in [0, 0.05) is 31.1 Å². The number of benzene rings is 1. The van der Waals surface area contributed by atoms with Crippen molar-refractivity contribution >= 4 is 16.7 Å². The molecule has 0 unspecified atom stereocenters. The van der Waals surface area contributed by atoms with Crippen molar-refractivity contribution < 1.29 is 0 Å². The van der Waals surface area contributed by atoms with E-state index in [1.807, 2.05) is 12.3 Å². The molecule has 4 heteroatoms. The van der Waals surface area contributed by atoms with E-state index < -0.39 is 0 Å². The van der Waals surface area contributed by atoms with E-state index >= 15 is 0 Å². The van der Waals surface area contributed by atoms with Crippen LogP contribution in [0.2, 0.25) is 0 Å². The summed E-state index contributed by atoms with van der Waals surface area (Å²) < 4.78 is 0. The quantitative estimate of drug-likeness (QED) is 0.616. The average Bonchev–Trinajstić information content (AvgIpc) is 2.43. The van der Waals surface area contributed by atoms with E-state index in [1.165, 1.54) is 10.9 Å². The predicted molar refractivity (Wildman–Crippen MR) is 79.2 cm³/mol. The van der Waals surface area contributed by atoms with E-state index in [0.717, 1.165) is 25.2 Å². The summed E-state index contributed by atoms with van der Waals surface area (Å²) in [6.45, 7) is 4.80. The molecule has 0 saturated carbocycles. The van der Waals surface area contributed by atoms with Crippen LogP contribution in [0.25, 0.3) is 10.9 Å². The highest BCUT2D eigenvalue weighted by Gasteiger charge is 2.05. The molecule has 1 aromatic carbocycles. The zero-order chi connectivity index (χ0) is 13.7. The Morgan fingerprint density at radius 3 is 2.95 bits per heavy atom. The van der Waals surface area contributed by atoms with Gasteiger partial charge in [-0.15, -0.1) is 0 Å². The minimum absolute atomic E-state index is 0.251. The van der Waals surface area contributed by atoms with Crippen molar-refractivity contribution in [2.75, 3.05) is 13.1 Å². The van der Waals surface area contributed by atoms with Crippen molar-refractivity contribution in [2.45, 2.75) is 19.9 Å². The Balaban J connectivity index is 2.08. The van der Waals surface area contributed by atoms with Crippen molar-refractivity contribution in [1.29, 1.82) is 5.41 Å². The molecule has 0 fully saturated rings.